The van der Waals surface area contributed by atoms with Gasteiger partial charge in [-0.1, -0.05) is 77.8 Å². The molecule has 8 nitrogen and oxygen atoms in total. The first kappa shape index (κ1) is 31.6. The second kappa shape index (κ2) is 14.2. The molecule has 1 atom stereocenters. The zero-order valence-electron chi connectivity index (χ0n) is 24.2. The number of amides is 2. The Hall–Kier alpha value is -4.34. The number of hydrogen-bond acceptors (Lipinski definition) is 5. The average Bonchev–Trinajstić information content (AvgIpc) is 3.01. The van der Waals surface area contributed by atoms with Gasteiger partial charge < -0.3 is 15.0 Å². The number of carbonyl (C=O) groups is 2. The Kier molecular flexibility index (Phi) is 10.4. The second-order valence-corrected chi connectivity index (χ2v) is 12.3. The molecule has 0 saturated heterocycles. The molecule has 0 aromatic heterocycles. The number of nitrogens with zero attached hydrogens (tertiary/aromatic N) is 2. The minimum Gasteiger partial charge on any atom is -0.497 e. The van der Waals surface area contributed by atoms with Crippen LogP contribution in [0.4, 0.5) is 5.69 Å². The predicted molar refractivity (Wildman–Crippen MR) is 169 cm³/mol. The van der Waals surface area contributed by atoms with E-state index < -0.39 is 28.5 Å². The van der Waals surface area contributed by atoms with E-state index >= 15 is 0 Å². The van der Waals surface area contributed by atoms with Gasteiger partial charge in [0.05, 0.1) is 17.7 Å². The Balaban J connectivity index is 1.79. The predicted octanol–water partition coefficient (Wildman–Crippen LogP) is 5.24. The van der Waals surface area contributed by atoms with Crippen molar-refractivity contribution >= 4 is 39.1 Å². The summed E-state index contributed by atoms with van der Waals surface area (Å²) in [5.74, 6) is -0.356. The highest BCUT2D eigenvalue weighted by Gasteiger charge is 2.34. The van der Waals surface area contributed by atoms with Crippen molar-refractivity contribution in [3.63, 3.8) is 0 Å². The first-order valence-corrected chi connectivity index (χ1v) is 15.5. The number of aryl methyl sites for hydroxylation is 1. The minimum atomic E-state index is -4.20. The molecule has 0 aliphatic heterocycles. The van der Waals surface area contributed by atoms with Crippen molar-refractivity contribution in [1.82, 2.24) is 10.2 Å². The van der Waals surface area contributed by atoms with Gasteiger partial charge in [0.1, 0.15) is 18.3 Å². The van der Waals surface area contributed by atoms with Gasteiger partial charge in [-0.2, -0.15) is 0 Å². The molecule has 0 aliphatic rings. The van der Waals surface area contributed by atoms with Crippen molar-refractivity contribution < 1.29 is 22.7 Å². The number of benzene rings is 4. The molecule has 0 radical (unpaired) electrons. The molecule has 10 heteroatoms. The molecule has 4 aromatic rings. The number of halogens is 1. The van der Waals surface area contributed by atoms with Crippen LogP contribution in [0, 0.1) is 6.92 Å². The van der Waals surface area contributed by atoms with E-state index in [1.807, 2.05) is 43.3 Å². The van der Waals surface area contributed by atoms with E-state index in [-0.39, 0.29) is 29.5 Å². The summed E-state index contributed by atoms with van der Waals surface area (Å²) in [7, 11) is -1.15. The first-order chi connectivity index (χ1) is 20.6. The van der Waals surface area contributed by atoms with Crippen molar-refractivity contribution in [3.05, 3.63) is 125 Å². The molecule has 1 N–H and O–H groups in total. The van der Waals surface area contributed by atoms with E-state index in [1.165, 1.54) is 30.1 Å². The van der Waals surface area contributed by atoms with Crippen LogP contribution in [0.15, 0.2) is 108 Å². The summed E-state index contributed by atoms with van der Waals surface area (Å²) >= 11 is 6.26. The van der Waals surface area contributed by atoms with Crippen LogP contribution in [-0.2, 0) is 32.6 Å². The molecule has 4 aromatic carbocycles. The van der Waals surface area contributed by atoms with Crippen LogP contribution in [0.2, 0.25) is 5.02 Å². The lowest BCUT2D eigenvalue weighted by Gasteiger charge is -2.33. The fourth-order valence-corrected chi connectivity index (χ4v) is 6.28. The average molecular weight is 620 g/mol. The summed E-state index contributed by atoms with van der Waals surface area (Å²) in [5.41, 5.74) is 2.68. The SMILES string of the molecule is CNC(=O)[C@H](Cc1ccccc1)N(Cc1cccc(OC)c1)C(=O)CN(c1cccc(Cl)c1)S(=O)(=O)c1ccc(C)cc1. The standard InChI is InChI=1S/C33H34ClN3O5S/c1-24-15-17-30(18-16-24)43(40,41)37(28-13-8-12-27(34)21-28)23-32(38)36(22-26-11-7-14-29(19-26)42-3)31(33(39)35-2)20-25-9-5-4-6-10-25/h4-19,21,31H,20,22-23H2,1-3H3,(H,35,39)/t31-/m0/s1. The Labute approximate surface area is 257 Å². The van der Waals surface area contributed by atoms with Crippen LogP contribution >= 0.6 is 11.6 Å². The summed E-state index contributed by atoms with van der Waals surface area (Å²) < 4.78 is 34.5. The molecule has 4 rings (SSSR count). The molecule has 224 valence electrons. The van der Waals surface area contributed by atoms with Crippen molar-refractivity contribution in [2.24, 2.45) is 0 Å². The third kappa shape index (κ3) is 7.94. The fourth-order valence-electron chi connectivity index (χ4n) is 4.69. The van der Waals surface area contributed by atoms with Crippen LogP contribution in [0.5, 0.6) is 5.75 Å². The minimum absolute atomic E-state index is 0.0253. The number of likely N-dealkylation sites (N-methyl/N-ethyl adjacent to an activating group) is 1. The first-order valence-electron chi connectivity index (χ1n) is 13.6. The van der Waals surface area contributed by atoms with E-state index in [1.54, 1.807) is 55.6 Å². The third-order valence-electron chi connectivity index (χ3n) is 6.99. The van der Waals surface area contributed by atoms with Gasteiger partial charge in [-0.25, -0.2) is 8.42 Å². The lowest BCUT2D eigenvalue weighted by molar-refractivity contribution is -0.139. The van der Waals surface area contributed by atoms with E-state index in [2.05, 4.69) is 5.32 Å². The van der Waals surface area contributed by atoms with Crippen molar-refractivity contribution in [3.8, 4) is 5.75 Å². The molecule has 0 fully saturated rings. The normalized spacial score (nSPS) is 11.8. The quantitative estimate of drug-likeness (QED) is 0.234. The van der Waals surface area contributed by atoms with Crippen LogP contribution in [0.1, 0.15) is 16.7 Å². The Morgan fingerprint density at radius 1 is 0.884 bits per heavy atom. The molecular weight excluding hydrogens is 586 g/mol. The van der Waals surface area contributed by atoms with Crippen molar-refractivity contribution in [2.75, 3.05) is 25.0 Å². The van der Waals surface area contributed by atoms with Gasteiger partial charge in [-0.15, -0.1) is 0 Å². The largest absolute Gasteiger partial charge is 0.497 e. The number of anilines is 1. The smallest absolute Gasteiger partial charge is 0.264 e. The number of sulfonamides is 1. The molecule has 43 heavy (non-hydrogen) atoms. The third-order valence-corrected chi connectivity index (χ3v) is 9.01. The Bertz CT molecular complexity index is 1660. The van der Waals surface area contributed by atoms with Crippen LogP contribution < -0.4 is 14.4 Å². The number of nitrogens with one attached hydrogen (secondary N) is 1. The van der Waals surface area contributed by atoms with Gasteiger partial charge in [-0.3, -0.25) is 13.9 Å². The number of rotatable bonds is 12. The molecule has 0 unspecified atom stereocenters. The highest BCUT2D eigenvalue weighted by atomic mass is 35.5. The summed E-state index contributed by atoms with van der Waals surface area (Å²) in [5, 5.41) is 2.99. The van der Waals surface area contributed by atoms with Gasteiger partial charge in [0.2, 0.25) is 11.8 Å². The van der Waals surface area contributed by atoms with Gasteiger partial charge in [-0.05, 0) is 60.5 Å². The maximum Gasteiger partial charge on any atom is 0.264 e. The molecule has 0 spiro atoms. The highest BCUT2D eigenvalue weighted by Crippen LogP contribution is 2.27. The van der Waals surface area contributed by atoms with Gasteiger partial charge >= 0.3 is 0 Å². The maximum atomic E-state index is 14.3. The van der Waals surface area contributed by atoms with Crippen molar-refractivity contribution in [2.45, 2.75) is 30.8 Å². The number of methoxy groups -OCH3 is 1. The Morgan fingerprint density at radius 3 is 2.21 bits per heavy atom. The topological polar surface area (TPSA) is 96.0 Å². The second-order valence-electron chi connectivity index (χ2n) is 10.00. The van der Waals surface area contributed by atoms with E-state index in [0.717, 1.165) is 15.4 Å². The van der Waals surface area contributed by atoms with E-state index in [4.69, 9.17) is 16.3 Å². The maximum absolute atomic E-state index is 14.3. The van der Waals surface area contributed by atoms with E-state index in [9.17, 15) is 18.0 Å². The summed E-state index contributed by atoms with van der Waals surface area (Å²) in [6, 6.07) is 28.3. The molecule has 0 saturated carbocycles. The summed E-state index contributed by atoms with van der Waals surface area (Å²) in [6.07, 6.45) is 0.220. The molecule has 0 aliphatic carbocycles. The highest BCUT2D eigenvalue weighted by molar-refractivity contribution is 7.92. The number of hydrogen-bond donors (Lipinski definition) is 1. The summed E-state index contributed by atoms with van der Waals surface area (Å²) in [6.45, 7) is 1.33. The zero-order chi connectivity index (χ0) is 31.0. The monoisotopic (exact) mass is 619 g/mol. The fraction of sp³-hybridized carbons (Fsp3) is 0.212. The van der Waals surface area contributed by atoms with Gasteiger partial charge in [0, 0.05) is 25.0 Å². The number of ether oxygens (including phenoxy) is 1. The molecule has 0 bridgehead atoms. The molecule has 0 heterocycles. The molecular formula is C33H34ClN3O5S. The van der Waals surface area contributed by atoms with Gasteiger partial charge in [0.25, 0.3) is 10.0 Å². The van der Waals surface area contributed by atoms with Crippen LogP contribution in [0.25, 0.3) is 0 Å². The molecule has 2 amide bonds. The van der Waals surface area contributed by atoms with Gasteiger partial charge in [0.15, 0.2) is 0 Å². The van der Waals surface area contributed by atoms with Crippen molar-refractivity contribution in [1.29, 1.82) is 0 Å². The lowest BCUT2D eigenvalue weighted by atomic mass is 10.0. The Morgan fingerprint density at radius 2 is 1.56 bits per heavy atom. The lowest BCUT2D eigenvalue weighted by Crippen LogP contribution is -2.53. The number of carbonyl (C=O) groups excluding carboxylic acids is 2. The van der Waals surface area contributed by atoms with E-state index in [0.29, 0.717) is 16.3 Å². The van der Waals surface area contributed by atoms with Crippen LogP contribution in [0.3, 0.4) is 0 Å². The summed E-state index contributed by atoms with van der Waals surface area (Å²) in [4.78, 5) is 29.1. The zero-order valence-corrected chi connectivity index (χ0v) is 25.8. The van der Waals surface area contributed by atoms with Crippen LogP contribution in [-0.4, -0.2) is 51.9 Å².